The van der Waals surface area contributed by atoms with Gasteiger partial charge in [0.15, 0.2) is 0 Å². The molecule has 1 aliphatic rings. The van der Waals surface area contributed by atoms with E-state index in [0.29, 0.717) is 12.6 Å². The van der Waals surface area contributed by atoms with Crippen LogP contribution in [0.15, 0.2) is 22.7 Å². The molecular formula is C14H20BrN3O. The number of nitrogens with zero attached hydrogens (tertiary/aromatic N) is 1. The lowest BCUT2D eigenvalue weighted by molar-refractivity contribution is -0.117. The molecule has 4 nitrogen and oxygen atoms in total. The molecule has 1 aliphatic heterocycles. The molecule has 104 valence electrons. The van der Waals surface area contributed by atoms with Crippen LogP contribution >= 0.6 is 15.9 Å². The van der Waals surface area contributed by atoms with Crippen LogP contribution in [0.5, 0.6) is 0 Å². The first-order valence-corrected chi connectivity index (χ1v) is 7.38. The van der Waals surface area contributed by atoms with E-state index in [0.717, 1.165) is 41.7 Å². The van der Waals surface area contributed by atoms with Crippen LogP contribution < -0.4 is 11.1 Å². The molecule has 0 unspecified atom stereocenters. The Kier molecular flexibility index (Phi) is 4.96. The molecule has 1 aromatic carbocycles. The van der Waals surface area contributed by atoms with Crippen molar-refractivity contribution in [3.63, 3.8) is 0 Å². The summed E-state index contributed by atoms with van der Waals surface area (Å²) in [4.78, 5) is 14.1. The van der Waals surface area contributed by atoms with E-state index in [4.69, 9.17) is 5.73 Å². The number of carbonyl (C=O) groups is 1. The molecule has 1 saturated heterocycles. The van der Waals surface area contributed by atoms with E-state index in [9.17, 15) is 4.79 Å². The Morgan fingerprint density at radius 3 is 2.79 bits per heavy atom. The number of hydrogen-bond donors (Lipinski definition) is 2. The number of likely N-dealkylation sites (tertiary alicyclic amines) is 1. The van der Waals surface area contributed by atoms with Gasteiger partial charge in [-0.2, -0.15) is 0 Å². The summed E-state index contributed by atoms with van der Waals surface area (Å²) in [6.07, 6.45) is 1.95. The van der Waals surface area contributed by atoms with Gasteiger partial charge in [-0.3, -0.25) is 9.69 Å². The van der Waals surface area contributed by atoms with E-state index in [-0.39, 0.29) is 5.91 Å². The Balaban J connectivity index is 1.85. The number of carbonyl (C=O) groups excluding carboxylic acids is 1. The number of amides is 1. The monoisotopic (exact) mass is 325 g/mol. The van der Waals surface area contributed by atoms with Crippen LogP contribution in [0.3, 0.4) is 0 Å². The average molecular weight is 326 g/mol. The van der Waals surface area contributed by atoms with Gasteiger partial charge in [-0.25, -0.2) is 0 Å². The van der Waals surface area contributed by atoms with Crippen molar-refractivity contribution in [1.82, 2.24) is 4.90 Å². The van der Waals surface area contributed by atoms with Crippen LogP contribution in [0.25, 0.3) is 0 Å². The predicted octanol–water partition coefficient (Wildman–Crippen LogP) is 2.12. The molecular weight excluding hydrogens is 306 g/mol. The summed E-state index contributed by atoms with van der Waals surface area (Å²) < 4.78 is 1.01. The second kappa shape index (κ2) is 6.50. The number of aryl methyl sites for hydroxylation is 1. The molecule has 0 saturated carbocycles. The van der Waals surface area contributed by atoms with E-state index >= 15 is 0 Å². The molecule has 3 N–H and O–H groups in total. The maximum absolute atomic E-state index is 12.0. The standard InChI is InChI=1S/C14H20BrN3O/c1-10-2-3-12(8-13(10)15)17-14(19)9-18-6-4-11(16)5-7-18/h2-3,8,11H,4-7,9,16H2,1H3,(H,17,19). The second-order valence-electron chi connectivity index (χ2n) is 5.13. The fourth-order valence-electron chi connectivity index (χ4n) is 2.19. The smallest absolute Gasteiger partial charge is 0.238 e. The molecule has 2 rings (SSSR count). The van der Waals surface area contributed by atoms with E-state index in [1.54, 1.807) is 0 Å². The average Bonchev–Trinajstić information content (AvgIpc) is 2.37. The number of halogens is 1. The van der Waals surface area contributed by atoms with Crippen molar-refractivity contribution in [1.29, 1.82) is 0 Å². The van der Waals surface area contributed by atoms with Gasteiger partial charge in [0.25, 0.3) is 0 Å². The van der Waals surface area contributed by atoms with Crippen LogP contribution in [0, 0.1) is 6.92 Å². The Morgan fingerprint density at radius 2 is 2.16 bits per heavy atom. The van der Waals surface area contributed by atoms with Gasteiger partial charge in [0.05, 0.1) is 6.54 Å². The molecule has 0 radical (unpaired) electrons. The fraction of sp³-hybridized carbons (Fsp3) is 0.500. The van der Waals surface area contributed by atoms with Crippen LogP contribution in [0.2, 0.25) is 0 Å². The minimum absolute atomic E-state index is 0.0335. The summed E-state index contributed by atoms with van der Waals surface area (Å²) in [6, 6.07) is 6.13. The van der Waals surface area contributed by atoms with Crippen molar-refractivity contribution in [2.75, 3.05) is 25.0 Å². The zero-order valence-electron chi connectivity index (χ0n) is 11.2. The first-order chi connectivity index (χ1) is 9.04. The quantitative estimate of drug-likeness (QED) is 0.894. The molecule has 1 fully saturated rings. The highest BCUT2D eigenvalue weighted by Gasteiger charge is 2.18. The van der Waals surface area contributed by atoms with Crippen molar-refractivity contribution in [2.45, 2.75) is 25.8 Å². The second-order valence-corrected chi connectivity index (χ2v) is 5.98. The molecule has 0 bridgehead atoms. The highest BCUT2D eigenvalue weighted by atomic mass is 79.9. The lowest BCUT2D eigenvalue weighted by atomic mass is 10.1. The van der Waals surface area contributed by atoms with Gasteiger partial charge >= 0.3 is 0 Å². The number of nitrogens with two attached hydrogens (primary N) is 1. The summed E-state index contributed by atoms with van der Waals surface area (Å²) in [5.74, 6) is 0.0335. The zero-order chi connectivity index (χ0) is 13.8. The highest BCUT2D eigenvalue weighted by molar-refractivity contribution is 9.10. The van der Waals surface area contributed by atoms with E-state index in [1.807, 2.05) is 25.1 Å². The molecule has 1 amide bonds. The Labute approximate surface area is 122 Å². The molecule has 0 aromatic heterocycles. The van der Waals surface area contributed by atoms with E-state index < -0.39 is 0 Å². The lowest BCUT2D eigenvalue weighted by Crippen LogP contribution is -2.43. The fourth-order valence-corrected chi connectivity index (χ4v) is 2.56. The van der Waals surface area contributed by atoms with Gasteiger partial charge in [0.1, 0.15) is 0 Å². The third kappa shape index (κ3) is 4.30. The molecule has 0 atom stereocenters. The Bertz CT molecular complexity index is 456. The van der Waals surface area contributed by atoms with Gasteiger partial charge in [0.2, 0.25) is 5.91 Å². The van der Waals surface area contributed by atoms with Crippen LogP contribution in [-0.4, -0.2) is 36.5 Å². The van der Waals surface area contributed by atoms with Crippen LogP contribution in [0.1, 0.15) is 18.4 Å². The van der Waals surface area contributed by atoms with E-state index in [2.05, 4.69) is 26.1 Å². The van der Waals surface area contributed by atoms with Crippen molar-refractivity contribution in [2.24, 2.45) is 5.73 Å². The molecule has 1 heterocycles. The van der Waals surface area contributed by atoms with Crippen LogP contribution in [-0.2, 0) is 4.79 Å². The number of nitrogens with one attached hydrogen (secondary N) is 1. The van der Waals surface area contributed by atoms with Gasteiger partial charge in [-0.05, 0) is 37.5 Å². The SMILES string of the molecule is Cc1ccc(NC(=O)CN2CCC(N)CC2)cc1Br. The maximum Gasteiger partial charge on any atom is 0.238 e. The zero-order valence-corrected chi connectivity index (χ0v) is 12.7. The molecule has 1 aromatic rings. The molecule has 0 spiro atoms. The van der Waals surface area contributed by atoms with Crippen molar-refractivity contribution >= 4 is 27.5 Å². The minimum Gasteiger partial charge on any atom is -0.328 e. The first-order valence-electron chi connectivity index (χ1n) is 6.58. The van der Waals surface area contributed by atoms with Gasteiger partial charge in [-0.15, -0.1) is 0 Å². The van der Waals surface area contributed by atoms with E-state index in [1.165, 1.54) is 0 Å². The van der Waals surface area contributed by atoms with Gasteiger partial charge in [-0.1, -0.05) is 22.0 Å². The summed E-state index contributed by atoms with van der Waals surface area (Å²) in [7, 11) is 0. The third-order valence-corrected chi connectivity index (χ3v) is 4.31. The Morgan fingerprint density at radius 1 is 1.47 bits per heavy atom. The number of anilines is 1. The topological polar surface area (TPSA) is 58.4 Å². The van der Waals surface area contributed by atoms with Crippen molar-refractivity contribution in [3.05, 3.63) is 28.2 Å². The van der Waals surface area contributed by atoms with Crippen molar-refractivity contribution in [3.8, 4) is 0 Å². The normalized spacial score (nSPS) is 17.4. The number of hydrogen-bond acceptors (Lipinski definition) is 3. The van der Waals surface area contributed by atoms with Gasteiger partial charge in [0, 0.05) is 29.3 Å². The minimum atomic E-state index is 0.0335. The number of piperidine rings is 1. The van der Waals surface area contributed by atoms with Crippen molar-refractivity contribution < 1.29 is 4.79 Å². The predicted molar refractivity (Wildman–Crippen MR) is 81.2 cm³/mol. The molecule has 19 heavy (non-hydrogen) atoms. The maximum atomic E-state index is 12.0. The Hall–Kier alpha value is -0.910. The molecule has 5 heteroatoms. The molecule has 0 aliphatic carbocycles. The first kappa shape index (κ1) is 14.5. The summed E-state index contributed by atoms with van der Waals surface area (Å²) in [5, 5.41) is 2.93. The highest BCUT2D eigenvalue weighted by Crippen LogP contribution is 2.20. The largest absolute Gasteiger partial charge is 0.328 e. The third-order valence-electron chi connectivity index (χ3n) is 3.46. The summed E-state index contributed by atoms with van der Waals surface area (Å²) in [6.45, 7) is 4.28. The van der Waals surface area contributed by atoms with Crippen LogP contribution in [0.4, 0.5) is 5.69 Å². The summed E-state index contributed by atoms with van der Waals surface area (Å²) in [5.41, 5.74) is 7.84. The summed E-state index contributed by atoms with van der Waals surface area (Å²) >= 11 is 3.47. The lowest BCUT2D eigenvalue weighted by Gasteiger charge is -2.29. The van der Waals surface area contributed by atoms with Gasteiger partial charge < -0.3 is 11.1 Å². The number of benzene rings is 1. The number of rotatable bonds is 3.